The second-order valence-corrected chi connectivity index (χ2v) is 21.1. The van der Waals surface area contributed by atoms with Crippen molar-refractivity contribution in [1.82, 2.24) is 4.44 Å². The Bertz CT molecular complexity index is 769. The second-order valence-electron chi connectivity index (χ2n) is 13.2. The summed E-state index contributed by atoms with van der Waals surface area (Å²) in [7, 11) is -0.814. The molecule has 0 radical (unpaired) electrons. The van der Waals surface area contributed by atoms with Gasteiger partial charge in [0.05, 0.1) is 0 Å². The van der Waals surface area contributed by atoms with Gasteiger partial charge in [0.1, 0.15) is 0 Å². The number of para-hydroxylation sites is 2. The van der Waals surface area contributed by atoms with Gasteiger partial charge in [-0.15, -0.1) is 0 Å². The van der Waals surface area contributed by atoms with Gasteiger partial charge < -0.3 is 4.90 Å². The van der Waals surface area contributed by atoms with E-state index < -0.39 is 16.1 Å². The largest absolute Gasteiger partial charge is 0.340 e. The average Bonchev–Trinajstić information content (AvgIpc) is 2.65. The van der Waals surface area contributed by atoms with Crippen LogP contribution >= 0.6 is 16.1 Å². The van der Waals surface area contributed by atoms with Gasteiger partial charge in [-0.1, -0.05) is 119 Å². The SMILES string of the molecule is CC(C)(C)P(N(CCN(c1ccccc1)c1ccccc1)P(C(C)(C)C)C(C)(C)C)C(C)(C)C. The fraction of sp³-hybridized carbons (Fsp3) is 0.600. The Kier molecular flexibility index (Phi) is 9.46. The van der Waals surface area contributed by atoms with Crippen LogP contribution in [0.5, 0.6) is 0 Å². The van der Waals surface area contributed by atoms with Gasteiger partial charge in [0, 0.05) is 24.5 Å². The van der Waals surface area contributed by atoms with Crippen molar-refractivity contribution in [3.05, 3.63) is 60.7 Å². The molecule has 0 aliphatic carbocycles. The van der Waals surface area contributed by atoms with Gasteiger partial charge in [-0.3, -0.25) is 4.44 Å². The van der Waals surface area contributed by atoms with Crippen LogP contribution in [0.1, 0.15) is 83.1 Å². The van der Waals surface area contributed by atoms with Crippen LogP contribution in [0.15, 0.2) is 60.7 Å². The van der Waals surface area contributed by atoms with Crippen LogP contribution in [0, 0.1) is 0 Å². The van der Waals surface area contributed by atoms with E-state index >= 15 is 0 Å². The topological polar surface area (TPSA) is 6.48 Å². The Morgan fingerprint density at radius 3 is 1.03 bits per heavy atom. The lowest BCUT2D eigenvalue weighted by molar-refractivity contribution is 0.563. The van der Waals surface area contributed by atoms with Gasteiger partial charge in [-0.25, -0.2) is 0 Å². The maximum absolute atomic E-state index is 3.00. The summed E-state index contributed by atoms with van der Waals surface area (Å²) in [6.07, 6.45) is 0. The van der Waals surface area contributed by atoms with Crippen molar-refractivity contribution in [3.63, 3.8) is 0 Å². The van der Waals surface area contributed by atoms with Gasteiger partial charge in [0.2, 0.25) is 0 Å². The van der Waals surface area contributed by atoms with Crippen LogP contribution in [-0.2, 0) is 0 Å². The summed E-state index contributed by atoms with van der Waals surface area (Å²) in [5.41, 5.74) is 2.53. The highest BCUT2D eigenvalue weighted by Crippen LogP contribution is 2.75. The molecule has 190 valence electrons. The minimum atomic E-state index is -0.407. The van der Waals surface area contributed by atoms with E-state index in [1.54, 1.807) is 0 Å². The molecule has 0 amide bonds. The van der Waals surface area contributed by atoms with Crippen molar-refractivity contribution in [1.29, 1.82) is 0 Å². The summed E-state index contributed by atoms with van der Waals surface area (Å²) in [5.74, 6) is 0. The molecular weight excluding hydrogens is 450 g/mol. The molecule has 0 aliphatic rings. The van der Waals surface area contributed by atoms with Crippen molar-refractivity contribution in [2.24, 2.45) is 0 Å². The van der Waals surface area contributed by atoms with Gasteiger partial charge in [-0.05, 0) is 61.0 Å². The summed E-state index contributed by atoms with van der Waals surface area (Å²) in [6.45, 7) is 31.6. The number of hydrogen-bond donors (Lipinski definition) is 0. The monoisotopic (exact) mass is 500 g/mol. The molecule has 0 saturated carbocycles. The molecule has 34 heavy (non-hydrogen) atoms. The van der Waals surface area contributed by atoms with E-state index in [1.165, 1.54) is 11.4 Å². The molecule has 0 heterocycles. The molecule has 0 unspecified atom stereocenters. The van der Waals surface area contributed by atoms with Crippen LogP contribution in [0.2, 0.25) is 0 Å². The fourth-order valence-corrected chi connectivity index (χ4v) is 16.8. The lowest BCUT2D eigenvalue weighted by atomic mass is 10.2. The molecule has 2 nitrogen and oxygen atoms in total. The molecule has 4 heteroatoms. The summed E-state index contributed by atoms with van der Waals surface area (Å²) in [6, 6.07) is 21.8. The molecule has 0 spiro atoms. The minimum Gasteiger partial charge on any atom is -0.340 e. The lowest BCUT2D eigenvalue weighted by Crippen LogP contribution is -2.43. The first-order chi connectivity index (χ1) is 15.4. The molecule has 0 aliphatic heterocycles. The van der Waals surface area contributed by atoms with E-state index in [2.05, 4.69) is 153 Å². The highest BCUT2D eigenvalue weighted by atomic mass is 31.2. The van der Waals surface area contributed by atoms with Gasteiger partial charge >= 0.3 is 0 Å². The maximum Gasteiger partial charge on any atom is 0.0411 e. The van der Waals surface area contributed by atoms with Crippen molar-refractivity contribution in [2.75, 3.05) is 18.0 Å². The van der Waals surface area contributed by atoms with Gasteiger partial charge in [0.15, 0.2) is 0 Å². The van der Waals surface area contributed by atoms with Crippen molar-refractivity contribution in [3.8, 4) is 0 Å². The molecule has 0 saturated heterocycles. The highest BCUT2D eigenvalue weighted by Gasteiger charge is 2.48. The number of benzene rings is 2. The zero-order valence-corrected chi connectivity index (χ0v) is 25.8. The van der Waals surface area contributed by atoms with Crippen LogP contribution in [0.4, 0.5) is 11.4 Å². The molecular formula is C30H50N2P2. The van der Waals surface area contributed by atoms with Gasteiger partial charge in [-0.2, -0.15) is 0 Å². The summed E-state index contributed by atoms with van der Waals surface area (Å²) < 4.78 is 3.00. The first kappa shape index (κ1) is 29.3. The highest BCUT2D eigenvalue weighted by molar-refractivity contribution is 7.73. The molecule has 0 N–H and O–H groups in total. The fourth-order valence-electron chi connectivity index (χ4n) is 5.50. The number of nitrogens with zero attached hydrogens (tertiary/aromatic N) is 2. The Hall–Kier alpha value is -0.940. The van der Waals surface area contributed by atoms with Crippen molar-refractivity contribution in [2.45, 2.75) is 104 Å². The normalized spacial score (nSPS) is 13.7. The van der Waals surface area contributed by atoms with Crippen LogP contribution in [0.3, 0.4) is 0 Å². The third kappa shape index (κ3) is 7.78. The van der Waals surface area contributed by atoms with Gasteiger partial charge in [0.25, 0.3) is 0 Å². The van der Waals surface area contributed by atoms with Crippen molar-refractivity contribution < 1.29 is 0 Å². The summed E-state index contributed by atoms with van der Waals surface area (Å²) in [4.78, 5) is 2.50. The lowest BCUT2D eigenvalue weighted by Gasteiger charge is -2.57. The van der Waals surface area contributed by atoms with E-state index in [4.69, 9.17) is 0 Å². The zero-order valence-electron chi connectivity index (χ0n) is 24.0. The Balaban J connectivity index is 2.60. The third-order valence-electron chi connectivity index (χ3n) is 5.66. The molecule has 2 rings (SSSR count). The first-order valence-electron chi connectivity index (χ1n) is 12.7. The molecule has 0 atom stereocenters. The summed E-state index contributed by atoms with van der Waals surface area (Å²) in [5, 5.41) is 0.925. The molecule has 0 fully saturated rings. The molecule has 0 bridgehead atoms. The molecule has 2 aromatic carbocycles. The van der Waals surface area contributed by atoms with Crippen LogP contribution in [0.25, 0.3) is 0 Å². The Morgan fingerprint density at radius 1 is 0.471 bits per heavy atom. The third-order valence-corrected chi connectivity index (χ3v) is 13.1. The van der Waals surface area contributed by atoms with E-state index in [9.17, 15) is 0 Å². The zero-order chi connectivity index (χ0) is 25.9. The smallest absolute Gasteiger partial charge is 0.0411 e. The number of hydrogen-bond acceptors (Lipinski definition) is 2. The maximum atomic E-state index is 3.00. The second kappa shape index (κ2) is 11.0. The predicted molar refractivity (Wildman–Crippen MR) is 159 cm³/mol. The van der Waals surface area contributed by atoms with E-state index in [0.717, 1.165) is 13.1 Å². The average molecular weight is 501 g/mol. The quantitative estimate of drug-likeness (QED) is 0.349. The standard InChI is InChI=1S/C30H50N2P2/c1-27(2,3)33(28(4,5)6)32(34(29(7,8)9)30(10,11)12)24-23-31(25-19-15-13-16-20-25)26-21-17-14-18-22-26/h13-22H,23-24H2,1-12H3. The minimum absolute atomic E-state index is 0.231. The Labute approximate surface area is 214 Å². The summed E-state index contributed by atoms with van der Waals surface area (Å²) >= 11 is 0. The van der Waals surface area contributed by atoms with Crippen LogP contribution < -0.4 is 4.90 Å². The number of anilines is 2. The van der Waals surface area contributed by atoms with Crippen molar-refractivity contribution >= 4 is 27.5 Å². The first-order valence-corrected chi connectivity index (χ1v) is 15.3. The van der Waals surface area contributed by atoms with E-state index in [0.29, 0.717) is 0 Å². The van der Waals surface area contributed by atoms with E-state index in [1.807, 2.05) is 0 Å². The number of rotatable bonds is 7. The van der Waals surface area contributed by atoms with E-state index in [-0.39, 0.29) is 20.6 Å². The predicted octanol–water partition coefficient (Wildman–Crippen LogP) is 10.1. The molecule has 2 aromatic rings. The molecule has 0 aromatic heterocycles. The Morgan fingerprint density at radius 2 is 0.765 bits per heavy atom. The van der Waals surface area contributed by atoms with Crippen LogP contribution in [-0.4, -0.2) is 38.2 Å².